The number of alkyl halides is 3. The molecule has 168 valence electrons. The van der Waals surface area contributed by atoms with Gasteiger partial charge in [0.15, 0.2) is 0 Å². The Bertz CT molecular complexity index is 936. The van der Waals surface area contributed by atoms with Crippen LogP contribution in [-0.2, 0) is 17.5 Å². The zero-order valence-corrected chi connectivity index (χ0v) is 17.2. The molecule has 1 amide bonds. The first-order valence-electron chi connectivity index (χ1n) is 9.96. The van der Waals surface area contributed by atoms with Gasteiger partial charge in [-0.05, 0) is 43.9 Å². The number of benzene rings is 1. The first-order chi connectivity index (χ1) is 14.7. The fourth-order valence-electron chi connectivity index (χ4n) is 3.69. The molecule has 0 radical (unpaired) electrons. The lowest BCUT2D eigenvalue weighted by Crippen LogP contribution is -2.37. The van der Waals surface area contributed by atoms with Crippen molar-refractivity contribution >= 4 is 17.8 Å². The fraction of sp³-hybridized carbons (Fsp3) is 0.500. The summed E-state index contributed by atoms with van der Waals surface area (Å²) in [6.07, 6.45) is -1.96. The Labute approximate surface area is 177 Å². The van der Waals surface area contributed by atoms with Crippen molar-refractivity contribution in [2.45, 2.75) is 51.4 Å². The molecule has 0 spiro atoms. The average Bonchev–Trinajstić information content (AvgIpc) is 2.71. The van der Waals surface area contributed by atoms with Gasteiger partial charge in [0.2, 0.25) is 17.8 Å². The van der Waals surface area contributed by atoms with Crippen LogP contribution in [0.1, 0.15) is 42.6 Å². The Morgan fingerprint density at radius 2 is 1.90 bits per heavy atom. The molecule has 7 nitrogen and oxygen atoms in total. The fourth-order valence-corrected chi connectivity index (χ4v) is 3.69. The van der Waals surface area contributed by atoms with Crippen LogP contribution in [0.15, 0.2) is 18.2 Å². The van der Waals surface area contributed by atoms with Gasteiger partial charge < -0.3 is 16.0 Å². The largest absolute Gasteiger partial charge is 0.416 e. The normalized spacial score (nSPS) is 19.0. The highest BCUT2D eigenvalue weighted by Gasteiger charge is 2.34. The van der Waals surface area contributed by atoms with E-state index in [0.29, 0.717) is 36.6 Å². The van der Waals surface area contributed by atoms with Crippen LogP contribution in [0, 0.1) is 18.7 Å². The van der Waals surface area contributed by atoms with Crippen LogP contribution < -0.4 is 16.0 Å². The van der Waals surface area contributed by atoms with Gasteiger partial charge >= 0.3 is 6.18 Å². The third-order valence-corrected chi connectivity index (χ3v) is 5.18. The SMILES string of the molecule is CNc1nc(C)nc(N[C@H]2CCC[C@@H](C(=O)NCc3ccc(F)cc3C(F)(F)F)C2)n1. The molecule has 0 unspecified atom stereocenters. The van der Waals surface area contributed by atoms with E-state index in [4.69, 9.17) is 0 Å². The van der Waals surface area contributed by atoms with Gasteiger partial charge in [0.1, 0.15) is 11.6 Å². The lowest BCUT2D eigenvalue weighted by atomic mass is 9.85. The predicted molar refractivity (Wildman–Crippen MR) is 107 cm³/mol. The van der Waals surface area contributed by atoms with Crippen LogP contribution in [0.2, 0.25) is 0 Å². The van der Waals surface area contributed by atoms with Gasteiger partial charge in [0.25, 0.3) is 0 Å². The molecule has 0 saturated heterocycles. The highest BCUT2D eigenvalue weighted by atomic mass is 19.4. The van der Waals surface area contributed by atoms with E-state index in [2.05, 4.69) is 30.9 Å². The molecule has 1 fully saturated rings. The third kappa shape index (κ3) is 6.02. The quantitative estimate of drug-likeness (QED) is 0.594. The molecule has 1 aromatic heterocycles. The molecule has 0 bridgehead atoms. The Balaban J connectivity index is 1.61. The number of carbonyl (C=O) groups excluding carboxylic acids is 1. The number of halogens is 4. The van der Waals surface area contributed by atoms with E-state index in [1.165, 1.54) is 0 Å². The summed E-state index contributed by atoms with van der Waals surface area (Å²) in [7, 11) is 1.70. The van der Waals surface area contributed by atoms with E-state index < -0.39 is 17.6 Å². The Hall–Kier alpha value is -2.98. The number of hydrogen-bond acceptors (Lipinski definition) is 6. The summed E-state index contributed by atoms with van der Waals surface area (Å²) >= 11 is 0. The number of aromatic nitrogens is 3. The number of nitrogens with zero attached hydrogens (tertiary/aromatic N) is 3. The average molecular weight is 440 g/mol. The highest BCUT2D eigenvalue weighted by Crippen LogP contribution is 2.33. The Morgan fingerprint density at radius 1 is 1.16 bits per heavy atom. The maximum absolute atomic E-state index is 13.2. The highest BCUT2D eigenvalue weighted by molar-refractivity contribution is 5.78. The number of aryl methyl sites for hydroxylation is 1. The molecule has 3 N–H and O–H groups in total. The minimum Gasteiger partial charge on any atom is -0.357 e. The van der Waals surface area contributed by atoms with Crippen LogP contribution in [-0.4, -0.2) is 33.9 Å². The first-order valence-corrected chi connectivity index (χ1v) is 9.96. The number of carbonyl (C=O) groups is 1. The molecule has 2 atom stereocenters. The molecule has 1 aliphatic carbocycles. The molecule has 2 aromatic rings. The van der Waals surface area contributed by atoms with E-state index in [-0.39, 0.29) is 30.0 Å². The van der Waals surface area contributed by atoms with Crippen LogP contribution in [0.4, 0.5) is 29.5 Å². The van der Waals surface area contributed by atoms with Crippen LogP contribution >= 0.6 is 0 Å². The van der Waals surface area contributed by atoms with Crippen molar-refractivity contribution in [3.05, 3.63) is 41.0 Å². The van der Waals surface area contributed by atoms with Crippen molar-refractivity contribution in [3.63, 3.8) is 0 Å². The molecule has 1 saturated carbocycles. The van der Waals surface area contributed by atoms with Crippen molar-refractivity contribution in [2.24, 2.45) is 5.92 Å². The van der Waals surface area contributed by atoms with E-state index in [1.54, 1.807) is 14.0 Å². The summed E-state index contributed by atoms with van der Waals surface area (Å²) in [5.41, 5.74) is -1.26. The van der Waals surface area contributed by atoms with Crippen LogP contribution in [0.3, 0.4) is 0 Å². The molecule has 0 aliphatic heterocycles. The van der Waals surface area contributed by atoms with E-state index in [9.17, 15) is 22.4 Å². The molecule has 1 heterocycles. The van der Waals surface area contributed by atoms with Crippen molar-refractivity contribution in [1.82, 2.24) is 20.3 Å². The smallest absolute Gasteiger partial charge is 0.357 e. The second-order valence-corrected chi connectivity index (χ2v) is 7.50. The maximum atomic E-state index is 13.2. The maximum Gasteiger partial charge on any atom is 0.416 e. The summed E-state index contributed by atoms with van der Waals surface area (Å²) in [5.74, 6) is -0.270. The zero-order valence-electron chi connectivity index (χ0n) is 17.2. The lowest BCUT2D eigenvalue weighted by Gasteiger charge is -2.29. The number of amides is 1. The summed E-state index contributed by atoms with van der Waals surface area (Å²) in [6.45, 7) is 1.43. The third-order valence-electron chi connectivity index (χ3n) is 5.18. The van der Waals surface area contributed by atoms with Gasteiger partial charge in [-0.3, -0.25) is 4.79 Å². The van der Waals surface area contributed by atoms with Crippen molar-refractivity contribution in [1.29, 1.82) is 0 Å². The topological polar surface area (TPSA) is 91.8 Å². The van der Waals surface area contributed by atoms with Crippen molar-refractivity contribution in [2.75, 3.05) is 17.7 Å². The Morgan fingerprint density at radius 3 is 2.61 bits per heavy atom. The molecular weight excluding hydrogens is 416 g/mol. The first kappa shape index (κ1) is 22.7. The van der Waals surface area contributed by atoms with Gasteiger partial charge in [0.05, 0.1) is 5.56 Å². The lowest BCUT2D eigenvalue weighted by molar-refractivity contribution is -0.138. The van der Waals surface area contributed by atoms with Crippen molar-refractivity contribution < 1.29 is 22.4 Å². The molecular formula is C20H24F4N6O. The van der Waals surface area contributed by atoms with Gasteiger partial charge in [-0.15, -0.1) is 0 Å². The number of hydrogen-bond donors (Lipinski definition) is 3. The second kappa shape index (κ2) is 9.44. The van der Waals surface area contributed by atoms with E-state index in [0.717, 1.165) is 25.0 Å². The van der Waals surface area contributed by atoms with Gasteiger partial charge in [-0.25, -0.2) is 4.39 Å². The number of rotatable bonds is 6. The summed E-state index contributed by atoms with van der Waals surface area (Å²) in [6, 6.07) is 2.39. The minimum absolute atomic E-state index is 0.0486. The monoisotopic (exact) mass is 440 g/mol. The summed E-state index contributed by atoms with van der Waals surface area (Å²) < 4.78 is 52.7. The van der Waals surface area contributed by atoms with Crippen LogP contribution in [0.5, 0.6) is 0 Å². The molecule has 31 heavy (non-hydrogen) atoms. The summed E-state index contributed by atoms with van der Waals surface area (Å²) in [4.78, 5) is 25.2. The van der Waals surface area contributed by atoms with Gasteiger partial charge in [0, 0.05) is 25.6 Å². The number of nitrogens with one attached hydrogen (secondary N) is 3. The standard InChI is InChI=1S/C20H24F4N6O/c1-11-27-18(25-2)30-19(28-11)29-15-5-3-4-12(8-15)17(31)26-10-13-6-7-14(21)9-16(13)20(22,23)24/h6-7,9,12,15H,3-5,8,10H2,1-2H3,(H,26,31)(H2,25,27,28,29,30)/t12-,15+/m1/s1. The zero-order chi connectivity index (χ0) is 22.6. The van der Waals surface area contributed by atoms with Crippen molar-refractivity contribution in [3.8, 4) is 0 Å². The Kier molecular flexibility index (Phi) is 6.91. The number of anilines is 2. The second-order valence-electron chi connectivity index (χ2n) is 7.50. The van der Waals surface area contributed by atoms with Crippen LogP contribution in [0.25, 0.3) is 0 Å². The molecule has 1 aliphatic rings. The molecule has 1 aromatic carbocycles. The molecule has 3 rings (SSSR count). The van der Waals surface area contributed by atoms with Gasteiger partial charge in [-0.2, -0.15) is 28.1 Å². The minimum atomic E-state index is -4.70. The molecule has 11 heteroatoms. The predicted octanol–water partition coefficient (Wildman–Crippen LogP) is 3.67. The summed E-state index contributed by atoms with van der Waals surface area (Å²) in [5, 5.41) is 8.64. The van der Waals surface area contributed by atoms with E-state index >= 15 is 0 Å². The van der Waals surface area contributed by atoms with Gasteiger partial charge in [-0.1, -0.05) is 12.5 Å². The van der Waals surface area contributed by atoms with E-state index in [1.807, 2.05) is 0 Å².